The van der Waals surface area contributed by atoms with E-state index in [1.54, 1.807) is 0 Å². The molecule has 1 atom stereocenters. The number of hydrogen-bond acceptors (Lipinski definition) is 3. The molecule has 0 aliphatic heterocycles. The van der Waals surface area contributed by atoms with Crippen LogP contribution in [0.4, 0.5) is 5.82 Å². The van der Waals surface area contributed by atoms with Crippen molar-refractivity contribution in [2.75, 3.05) is 18.0 Å². The van der Waals surface area contributed by atoms with E-state index < -0.39 is 0 Å². The van der Waals surface area contributed by atoms with Gasteiger partial charge in [-0.25, -0.2) is 4.98 Å². The molecular weight excluding hydrogens is 234 g/mol. The molecule has 2 rings (SSSR count). The maximum Gasteiger partial charge on any atom is 0.129 e. The molecule has 1 aromatic rings. The number of rotatable bonds is 7. The first-order chi connectivity index (χ1) is 9.11. The highest BCUT2D eigenvalue weighted by atomic mass is 15.2. The van der Waals surface area contributed by atoms with Gasteiger partial charge in [-0.3, -0.25) is 0 Å². The monoisotopic (exact) mass is 261 g/mol. The van der Waals surface area contributed by atoms with Crippen molar-refractivity contribution in [3.8, 4) is 0 Å². The van der Waals surface area contributed by atoms with Crippen molar-refractivity contribution in [3.63, 3.8) is 0 Å². The van der Waals surface area contributed by atoms with Gasteiger partial charge in [0.15, 0.2) is 0 Å². The Labute approximate surface area is 117 Å². The summed E-state index contributed by atoms with van der Waals surface area (Å²) < 4.78 is 0. The third-order valence-electron chi connectivity index (χ3n) is 3.85. The van der Waals surface area contributed by atoms with E-state index in [0.29, 0.717) is 12.1 Å². The average Bonchev–Trinajstić information content (AvgIpc) is 3.20. The first kappa shape index (κ1) is 14.3. The summed E-state index contributed by atoms with van der Waals surface area (Å²) in [6.45, 7) is 11.0. The fourth-order valence-corrected chi connectivity index (χ4v) is 2.43. The molecule has 106 valence electrons. The van der Waals surface area contributed by atoms with Crippen molar-refractivity contribution in [2.45, 2.75) is 52.6 Å². The van der Waals surface area contributed by atoms with Crippen molar-refractivity contribution in [3.05, 3.63) is 23.9 Å². The fraction of sp³-hybridized carbons (Fsp3) is 0.688. The Morgan fingerprint density at radius 3 is 2.68 bits per heavy atom. The van der Waals surface area contributed by atoms with E-state index in [0.717, 1.165) is 24.8 Å². The molecule has 19 heavy (non-hydrogen) atoms. The first-order valence-corrected chi connectivity index (χ1v) is 7.57. The molecule has 1 heterocycles. The molecule has 1 aliphatic rings. The van der Waals surface area contributed by atoms with Crippen molar-refractivity contribution < 1.29 is 0 Å². The number of hydrogen-bond donors (Lipinski definition) is 1. The van der Waals surface area contributed by atoms with Crippen LogP contribution < -0.4 is 10.2 Å². The molecule has 0 amide bonds. The molecule has 1 aliphatic carbocycles. The largest absolute Gasteiger partial charge is 0.354 e. The summed E-state index contributed by atoms with van der Waals surface area (Å²) in [5, 5.41) is 3.46. The summed E-state index contributed by atoms with van der Waals surface area (Å²) in [7, 11) is 0. The molecule has 0 saturated heterocycles. The Balaban J connectivity index is 2.14. The van der Waals surface area contributed by atoms with Crippen LogP contribution >= 0.6 is 0 Å². The predicted octanol–water partition coefficient (Wildman–Crippen LogP) is 3.38. The summed E-state index contributed by atoms with van der Waals surface area (Å²) in [4.78, 5) is 7.03. The lowest BCUT2D eigenvalue weighted by Crippen LogP contribution is -2.33. The van der Waals surface area contributed by atoms with Crippen molar-refractivity contribution >= 4 is 5.82 Å². The highest BCUT2D eigenvalue weighted by Gasteiger charge is 2.26. The Morgan fingerprint density at radius 1 is 1.37 bits per heavy atom. The molecule has 0 spiro atoms. The summed E-state index contributed by atoms with van der Waals surface area (Å²) in [6.07, 6.45) is 4.72. The van der Waals surface area contributed by atoms with Crippen LogP contribution in [0.5, 0.6) is 0 Å². The lowest BCUT2D eigenvalue weighted by atomic mass is 10.1. The molecular formula is C16H27N3. The van der Waals surface area contributed by atoms with Gasteiger partial charge in [0.1, 0.15) is 5.82 Å². The highest BCUT2D eigenvalue weighted by Crippen LogP contribution is 2.32. The first-order valence-electron chi connectivity index (χ1n) is 7.57. The minimum absolute atomic E-state index is 0.390. The smallest absolute Gasteiger partial charge is 0.129 e. The van der Waals surface area contributed by atoms with Gasteiger partial charge in [0.25, 0.3) is 0 Å². The Bertz CT molecular complexity index is 399. The van der Waals surface area contributed by atoms with Gasteiger partial charge in [0.05, 0.1) is 0 Å². The number of aromatic nitrogens is 1. The molecule has 1 unspecified atom stereocenters. The second kappa shape index (κ2) is 6.38. The van der Waals surface area contributed by atoms with E-state index in [9.17, 15) is 0 Å². The van der Waals surface area contributed by atoms with Crippen molar-refractivity contribution in [2.24, 2.45) is 5.92 Å². The summed E-state index contributed by atoms with van der Waals surface area (Å²) in [5.74, 6) is 2.02. The predicted molar refractivity (Wildman–Crippen MR) is 81.5 cm³/mol. The van der Waals surface area contributed by atoms with Crippen LogP contribution in [0.3, 0.4) is 0 Å². The minimum Gasteiger partial charge on any atom is -0.354 e. The van der Waals surface area contributed by atoms with Crippen LogP contribution in [0, 0.1) is 5.92 Å². The molecule has 3 nitrogen and oxygen atoms in total. The molecule has 0 aromatic carbocycles. The lowest BCUT2D eigenvalue weighted by Gasteiger charge is -2.28. The van der Waals surface area contributed by atoms with Gasteiger partial charge in [0, 0.05) is 24.8 Å². The third-order valence-corrected chi connectivity index (χ3v) is 3.85. The van der Waals surface area contributed by atoms with Gasteiger partial charge in [-0.15, -0.1) is 0 Å². The Morgan fingerprint density at radius 2 is 2.11 bits per heavy atom. The number of nitrogens with zero attached hydrogens (tertiary/aromatic N) is 2. The van der Waals surface area contributed by atoms with Crippen molar-refractivity contribution in [1.82, 2.24) is 10.3 Å². The number of nitrogens with one attached hydrogen (secondary N) is 1. The van der Waals surface area contributed by atoms with E-state index in [1.165, 1.54) is 18.4 Å². The van der Waals surface area contributed by atoms with Gasteiger partial charge < -0.3 is 10.2 Å². The molecule has 1 aromatic heterocycles. The SMILES string of the molecule is CCNC(C)c1ccnc(N(CC2CC2)C(C)C)c1. The average molecular weight is 261 g/mol. The summed E-state index contributed by atoms with van der Waals surface area (Å²) in [5.41, 5.74) is 1.33. The quantitative estimate of drug-likeness (QED) is 0.815. The molecule has 0 bridgehead atoms. The molecule has 1 fully saturated rings. The van der Waals surface area contributed by atoms with E-state index in [1.807, 2.05) is 6.20 Å². The summed E-state index contributed by atoms with van der Waals surface area (Å²) >= 11 is 0. The zero-order valence-corrected chi connectivity index (χ0v) is 12.7. The maximum absolute atomic E-state index is 4.58. The zero-order chi connectivity index (χ0) is 13.8. The standard InChI is InChI=1S/C16H27N3/c1-5-17-13(4)15-8-9-18-16(10-15)19(12(2)3)11-14-6-7-14/h8-10,12-14,17H,5-7,11H2,1-4H3. The van der Waals surface area contributed by atoms with Gasteiger partial charge in [-0.2, -0.15) is 0 Å². The summed E-state index contributed by atoms with van der Waals surface area (Å²) in [6, 6.07) is 5.27. The molecule has 1 N–H and O–H groups in total. The molecule has 1 saturated carbocycles. The second-order valence-electron chi connectivity index (χ2n) is 5.92. The van der Waals surface area contributed by atoms with E-state index in [-0.39, 0.29) is 0 Å². The van der Waals surface area contributed by atoms with Crippen LogP contribution in [0.2, 0.25) is 0 Å². The number of pyridine rings is 1. The topological polar surface area (TPSA) is 28.2 Å². The van der Waals surface area contributed by atoms with Crippen molar-refractivity contribution in [1.29, 1.82) is 0 Å². The number of anilines is 1. The van der Waals surface area contributed by atoms with E-state index in [2.05, 4.69) is 55.0 Å². The second-order valence-corrected chi connectivity index (χ2v) is 5.92. The third kappa shape index (κ3) is 3.93. The van der Waals surface area contributed by atoms with Gasteiger partial charge in [-0.05, 0) is 63.8 Å². The Kier molecular flexibility index (Phi) is 4.81. The molecule has 3 heteroatoms. The fourth-order valence-electron chi connectivity index (χ4n) is 2.43. The van der Waals surface area contributed by atoms with Gasteiger partial charge in [-0.1, -0.05) is 6.92 Å². The van der Waals surface area contributed by atoms with Gasteiger partial charge in [0.2, 0.25) is 0 Å². The minimum atomic E-state index is 0.390. The van der Waals surface area contributed by atoms with Gasteiger partial charge >= 0.3 is 0 Å². The van der Waals surface area contributed by atoms with Crippen LogP contribution in [0.15, 0.2) is 18.3 Å². The normalized spacial score (nSPS) is 16.7. The zero-order valence-electron chi connectivity index (χ0n) is 12.7. The maximum atomic E-state index is 4.58. The van der Waals surface area contributed by atoms with E-state index >= 15 is 0 Å². The van der Waals surface area contributed by atoms with Crippen LogP contribution in [-0.4, -0.2) is 24.1 Å². The lowest BCUT2D eigenvalue weighted by molar-refractivity contribution is 0.594. The highest BCUT2D eigenvalue weighted by molar-refractivity contribution is 5.43. The molecule has 0 radical (unpaired) electrons. The van der Waals surface area contributed by atoms with Crippen LogP contribution in [0.1, 0.15) is 52.1 Å². The van der Waals surface area contributed by atoms with Crippen LogP contribution in [-0.2, 0) is 0 Å². The Hall–Kier alpha value is -1.09. The van der Waals surface area contributed by atoms with E-state index in [4.69, 9.17) is 0 Å². The van der Waals surface area contributed by atoms with Crippen LogP contribution in [0.25, 0.3) is 0 Å².